The molecule has 7 aliphatic rings. The van der Waals surface area contributed by atoms with E-state index >= 15 is 0 Å². The van der Waals surface area contributed by atoms with Crippen LogP contribution >= 0.6 is 23.5 Å². The third-order valence-electron chi connectivity index (χ3n) is 23.8. The summed E-state index contributed by atoms with van der Waals surface area (Å²) in [6.45, 7) is 11.3. The van der Waals surface area contributed by atoms with Crippen LogP contribution in [-0.4, -0.2) is 314 Å². The fourth-order valence-electron chi connectivity index (χ4n) is 16.7. The Balaban J connectivity index is 0.825. The molecule has 0 radical (unpaired) electrons. The average molecular weight is 1900 g/mol. The summed E-state index contributed by atoms with van der Waals surface area (Å²) >= 11 is 3.67. The molecule has 7 unspecified atom stereocenters. The zero-order chi connectivity index (χ0) is 92.3. The minimum atomic E-state index is -4.37. The number of ether oxygens (including phenoxy) is 2. The Morgan fingerprint density at radius 2 is 0.844 bits per heavy atom. The molecule has 46 heteroatoms. The lowest BCUT2D eigenvalue weighted by molar-refractivity contribution is -0.130. The molecule has 7 fully saturated rings. The van der Waals surface area contributed by atoms with Crippen molar-refractivity contribution in [2.45, 2.75) is 284 Å². The smallest absolute Gasteiger partial charge is 0.334 e. The zero-order valence-corrected chi connectivity index (χ0v) is 79.0. The van der Waals surface area contributed by atoms with Crippen LogP contribution in [0.5, 0.6) is 0 Å². The molecule has 15 N–H and O–H groups in total. The van der Waals surface area contributed by atoms with Crippen molar-refractivity contribution in [3.63, 3.8) is 0 Å². The van der Waals surface area contributed by atoms with Gasteiger partial charge in [-0.3, -0.25) is 57.1 Å². The highest BCUT2D eigenvalue weighted by Crippen LogP contribution is 2.35. The first-order valence-corrected chi connectivity index (χ1v) is 54.0. The normalized spacial score (nSPS) is 20.2. The fraction of sp³-hybridized carbons (Fsp3) is 0.817. The van der Waals surface area contributed by atoms with Crippen molar-refractivity contribution in [2.24, 2.45) is 5.92 Å². The first-order chi connectivity index (χ1) is 61.4. The monoisotopic (exact) mass is 1900 g/mol. The van der Waals surface area contributed by atoms with Gasteiger partial charge in [-0.05, 0) is 142 Å². The Hall–Kier alpha value is -7.57. The van der Waals surface area contributed by atoms with E-state index in [9.17, 15) is 83.5 Å². The van der Waals surface area contributed by atoms with E-state index in [0.717, 1.165) is 68.9 Å². The maximum atomic E-state index is 14.2. The number of urea groups is 2. The standard InChI is InChI=1S/C82H141N19O22S4Si/c1-4-122-128(3,123-5-2)54-17-14-19-60(102)20-18-48-120-50-51-121-49-39-87-75(109)57-31-42-99(43-32-57)78-96-79(100-44-33-58(34-45-100)88-76(110)61(27-29-69(105)85-40-52-126(114,115)116)90-71(107)25-8-6-15-37-83-67(103)23-12-10-21-65-73-63(55-124-65)92-81(112)94-73)98-80(97-78)101-46-35-59(36-47-101)89-77(111)62(28-30-70(106)86-41-53-127(117,118)119)91-72(108)26-9-7-16-38-84-68(104)24-13-11-22-66-74-64(56-125-66)93-82(113)95-74/h57-59,61-66,73-74H,4-56H2,1-3H3,(H,83,103)(H,84,104)(H,85,105)(H,86,106)(H,87,109)(H,88,110)(H,89,111)(H,90,107)(H,91,108)(H2,92,94,112)(H2,93,95,113)(H,114,115,116)(H,117,118,119)/t61?,62?,63?,64?,65-,66?,73?,74?/m0/s1. The molecule has 13 amide bonds. The van der Waals surface area contributed by atoms with Crippen molar-refractivity contribution in [3.8, 4) is 0 Å². The van der Waals surface area contributed by atoms with Crippen LogP contribution in [0.2, 0.25) is 12.6 Å². The molecule has 0 bridgehead atoms. The van der Waals surface area contributed by atoms with Crippen LogP contribution in [0.25, 0.3) is 0 Å². The minimum Gasteiger partial charge on any atom is -0.395 e. The molecule has 8 rings (SSSR count). The van der Waals surface area contributed by atoms with E-state index in [1.54, 1.807) is 0 Å². The summed E-state index contributed by atoms with van der Waals surface area (Å²) in [5.41, 5.74) is 0. The topological polar surface area (TPSA) is 555 Å². The lowest BCUT2D eigenvalue weighted by atomic mass is 9.96. The van der Waals surface area contributed by atoms with Crippen LogP contribution in [0.15, 0.2) is 0 Å². The Labute approximate surface area is 762 Å². The molecule has 0 aliphatic carbocycles. The molecular formula is C82H141N19O22S4Si. The van der Waals surface area contributed by atoms with Crippen LogP contribution in [-0.2, 0) is 86.5 Å². The van der Waals surface area contributed by atoms with Gasteiger partial charge in [-0.25, -0.2) is 9.59 Å². The molecule has 41 nitrogen and oxygen atoms in total. The first-order valence-electron chi connectivity index (χ1n) is 46.2. The number of unbranched alkanes of at least 4 members (excludes halogenated alkanes) is 7. The van der Waals surface area contributed by atoms with Crippen molar-refractivity contribution in [3.05, 3.63) is 0 Å². The summed E-state index contributed by atoms with van der Waals surface area (Å²) in [7, 11) is -10.9. The predicted octanol–water partition coefficient (Wildman–Crippen LogP) is 2.41. The lowest BCUT2D eigenvalue weighted by Crippen LogP contribution is -2.53. The SMILES string of the molecule is CCO[Si](C)(CCCCC(=O)CCCOCCOCCNC(=O)C1CCN(c2nc(N3CCC(NC(=O)C(CCC(=O)NCCS(=O)(=O)O)NC(=O)CCCCCNC(=O)CCCCC4SCC5NC(=O)NC54)CC3)nc(N3CCC(NC(=O)C(CCC(=O)NCCS(=O)(=O)O)NC(=O)CCCCCNC(=O)CCCC[C@@H]4SCC5NC(=O)NC54)CC3)n2)CC1)OCC. The highest BCUT2D eigenvalue weighted by molar-refractivity contribution is 8.00. The van der Waals surface area contributed by atoms with Crippen LogP contribution < -0.4 is 83.8 Å². The zero-order valence-electron chi connectivity index (χ0n) is 74.7. The lowest BCUT2D eigenvalue weighted by Gasteiger charge is -2.36. The number of hydrogen-bond acceptors (Lipinski definition) is 28. The highest BCUT2D eigenvalue weighted by Gasteiger charge is 2.44. The van der Waals surface area contributed by atoms with Gasteiger partial charge in [0.2, 0.25) is 71.0 Å². The summed E-state index contributed by atoms with van der Waals surface area (Å²) in [6, 6.07) is -2.01. The van der Waals surface area contributed by atoms with E-state index in [0.29, 0.717) is 229 Å². The number of amides is 13. The number of Topliss-reactive ketones (excluding diaryl/α,β-unsaturated/α-hetero) is 1. The van der Waals surface area contributed by atoms with E-state index in [2.05, 4.69) is 75.7 Å². The van der Waals surface area contributed by atoms with Gasteiger partial charge in [0.05, 0.1) is 55.5 Å². The number of nitrogens with zero attached hydrogens (tertiary/aromatic N) is 6. The number of hydrogen-bond donors (Lipinski definition) is 15. The minimum absolute atomic E-state index is 0.0571. The van der Waals surface area contributed by atoms with E-state index < -0.39 is 99.9 Å². The second-order valence-corrected chi connectivity index (χ2v) is 43.1. The second-order valence-electron chi connectivity index (χ2n) is 34.0. The van der Waals surface area contributed by atoms with Gasteiger partial charge in [-0.15, -0.1) is 0 Å². The molecule has 128 heavy (non-hydrogen) atoms. The molecule has 724 valence electrons. The van der Waals surface area contributed by atoms with Crippen molar-refractivity contribution in [1.29, 1.82) is 0 Å². The van der Waals surface area contributed by atoms with E-state index in [4.69, 9.17) is 33.3 Å². The molecule has 8 atom stereocenters. The van der Waals surface area contributed by atoms with Gasteiger partial charge in [0, 0.05) is 183 Å². The van der Waals surface area contributed by atoms with Crippen LogP contribution in [0.4, 0.5) is 27.4 Å². The largest absolute Gasteiger partial charge is 0.395 e. The van der Waals surface area contributed by atoms with Crippen molar-refractivity contribution < 1.29 is 102 Å². The van der Waals surface area contributed by atoms with Gasteiger partial charge < -0.3 is 102 Å². The molecule has 0 aromatic carbocycles. The Kier molecular flexibility index (Phi) is 46.6. The average Bonchev–Trinajstić information content (AvgIpc) is 1.45. The number of nitrogens with one attached hydrogen (secondary N) is 13. The van der Waals surface area contributed by atoms with Crippen molar-refractivity contribution in [2.75, 3.05) is 149 Å². The summed E-state index contributed by atoms with van der Waals surface area (Å²) < 4.78 is 87.3. The maximum Gasteiger partial charge on any atom is 0.334 e. The number of carbonyl (C=O) groups excluding carboxylic acids is 12. The number of piperidine rings is 3. The molecule has 7 saturated heterocycles. The highest BCUT2D eigenvalue weighted by atomic mass is 32.2. The second kappa shape index (κ2) is 56.3. The Morgan fingerprint density at radius 3 is 1.28 bits per heavy atom. The molecule has 0 spiro atoms. The number of aromatic nitrogens is 3. The number of ketones is 1. The van der Waals surface area contributed by atoms with E-state index in [1.807, 2.05) is 52.1 Å². The Bertz CT molecular complexity index is 3760. The van der Waals surface area contributed by atoms with Gasteiger partial charge in [-0.1, -0.05) is 32.1 Å². The third-order valence-corrected chi connectivity index (χ3v) is 31.4. The molecule has 7 aliphatic heterocycles. The summed E-state index contributed by atoms with van der Waals surface area (Å²) in [4.78, 5) is 177. The van der Waals surface area contributed by atoms with Crippen LogP contribution in [0, 0.1) is 5.92 Å². The number of rotatable bonds is 63. The van der Waals surface area contributed by atoms with Crippen LogP contribution in [0.1, 0.15) is 213 Å². The quantitative estimate of drug-likeness (QED) is 0.0193. The number of carbonyl (C=O) groups is 12. The number of anilines is 3. The Morgan fingerprint density at radius 1 is 0.453 bits per heavy atom. The fourth-order valence-corrected chi connectivity index (χ4v) is 23.0. The van der Waals surface area contributed by atoms with E-state index in [-0.39, 0.29) is 124 Å². The molecular weight excluding hydrogens is 1760 g/mol. The van der Waals surface area contributed by atoms with Crippen molar-refractivity contribution >= 4 is 141 Å². The van der Waals surface area contributed by atoms with Gasteiger partial charge in [0.1, 0.15) is 17.9 Å². The predicted molar refractivity (Wildman–Crippen MR) is 486 cm³/mol. The van der Waals surface area contributed by atoms with Crippen LogP contribution in [0.3, 0.4) is 0 Å². The number of fused-ring (bicyclic) bond motifs is 2. The summed E-state index contributed by atoms with van der Waals surface area (Å²) in [5.74, 6) is -2.07. The van der Waals surface area contributed by atoms with Gasteiger partial charge >= 0.3 is 20.6 Å². The van der Waals surface area contributed by atoms with Crippen molar-refractivity contribution in [1.82, 2.24) is 84.1 Å². The summed E-state index contributed by atoms with van der Waals surface area (Å²) in [5, 5.41) is 38.0. The third kappa shape index (κ3) is 40.2. The molecule has 0 saturated carbocycles. The number of thioether (sulfide) groups is 2. The van der Waals surface area contributed by atoms with Gasteiger partial charge in [-0.2, -0.15) is 55.3 Å². The van der Waals surface area contributed by atoms with E-state index in [1.165, 1.54) is 0 Å². The first kappa shape index (κ1) is 106. The molecule has 8 heterocycles. The summed E-state index contributed by atoms with van der Waals surface area (Å²) in [6.07, 6.45) is 14.2. The van der Waals surface area contributed by atoms with Gasteiger partial charge in [0.15, 0.2) is 0 Å². The maximum absolute atomic E-state index is 14.2. The molecule has 1 aromatic heterocycles. The molecule has 1 aromatic rings. The van der Waals surface area contributed by atoms with Gasteiger partial charge in [0.25, 0.3) is 20.2 Å².